The summed E-state index contributed by atoms with van der Waals surface area (Å²) in [4.78, 5) is 18.8. The first-order valence-corrected chi connectivity index (χ1v) is 14.5. The van der Waals surface area contributed by atoms with Crippen LogP contribution < -0.4 is 10.0 Å². The summed E-state index contributed by atoms with van der Waals surface area (Å²) < 4.78 is 36.4. The molecule has 10 heteroatoms. The molecule has 0 radical (unpaired) electrons. The van der Waals surface area contributed by atoms with Crippen molar-refractivity contribution >= 4 is 32.7 Å². The molecule has 2 N–H and O–H groups in total. The highest BCUT2D eigenvalue weighted by molar-refractivity contribution is 7.89. The van der Waals surface area contributed by atoms with Crippen LogP contribution >= 0.6 is 0 Å². The number of fused-ring (bicyclic) bond motifs is 1. The Morgan fingerprint density at radius 1 is 1.11 bits per heavy atom. The SMILES string of the molecule is CN(C)CC(=O)Nc1ccc(S(=O)(=O)NCc2ccc3c(c2)nc(C(C)(C)C)n3CC2CCOCC2)cc1. The zero-order valence-electron chi connectivity index (χ0n) is 23.0. The van der Waals surface area contributed by atoms with Crippen LogP contribution in [0.15, 0.2) is 47.4 Å². The van der Waals surface area contributed by atoms with Gasteiger partial charge in [-0.3, -0.25) is 4.79 Å². The Bertz CT molecular complexity index is 1370. The molecule has 1 aromatic heterocycles. The Hall–Kier alpha value is -2.79. The number of anilines is 1. The first-order chi connectivity index (χ1) is 17.9. The average molecular weight is 542 g/mol. The molecular formula is C28H39N5O4S. The molecule has 0 unspecified atom stereocenters. The molecular weight excluding hydrogens is 502 g/mol. The minimum atomic E-state index is -3.73. The quantitative estimate of drug-likeness (QED) is 0.428. The zero-order chi connectivity index (χ0) is 27.5. The molecule has 1 aliphatic heterocycles. The van der Waals surface area contributed by atoms with E-state index < -0.39 is 10.0 Å². The molecule has 0 atom stereocenters. The van der Waals surface area contributed by atoms with E-state index in [1.807, 2.05) is 18.2 Å². The summed E-state index contributed by atoms with van der Waals surface area (Å²) in [6.07, 6.45) is 2.10. The van der Waals surface area contributed by atoms with Gasteiger partial charge in [0.2, 0.25) is 15.9 Å². The van der Waals surface area contributed by atoms with Crippen LogP contribution in [0.2, 0.25) is 0 Å². The lowest BCUT2D eigenvalue weighted by molar-refractivity contribution is -0.116. The van der Waals surface area contributed by atoms with Gasteiger partial charge in [0.05, 0.1) is 22.5 Å². The van der Waals surface area contributed by atoms with Crippen molar-refractivity contribution in [1.82, 2.24) is 19.2 Å². The highest BCUT2D eigenvalue weighted by Crippen LogP contribution is 2.30. The van der Waals surface area contributed by atoms with Gasteiger partial charge in [0.15, 0.2) is 0 Å². The Kier molecular flexibility index (Phi) is 8.56. The third kappa shape index (κ3) is 6.99. The van der Waals surface area contributed by atoms with Gasteiger partial charge in [-0.25, -0.2) is 18.1 Å². The van der Waals surface area contributed by atoms with Gasteiger partial charge in [-0.2, -0.15) is 0 Å². The molecule has 0 aliphatic carbocycles. The minimum absolute atomic E-state index is 0.121. The van der Waals surface area contributed by atoms with Crippen LogP contribution in [0.25, 0.3) is 11.0 Å². The number of sulfonamides is 1. The topological polar surface area (TPSA) is 106 Å². The van der Waals surface area contributed by atoms with Gasteiger partial charge in [-0.05, 0) is 74.8 Å². The van der Waals surface area contributed by atoms with Crippen molar-refractivity contribution in [2.45, 2.75) is 57.0 Å². The number of rotatable bonds is 9. The van der Waals surface area contributed by atoms with Crippen molar-refractivity contribution in [3.8, 4) is 0 Å². The number of hydrogen-bond donors (Lipinski definition) is 2. The van der Waals surface area contributed by atoms with E-state index in [4.69, 9.17) is 9.72 Å². The molecule has 206 valence electrons. The predicted octanol–water partition coefficient (Wildman–Crippen LogP) is 3.74. The fraction of sp³-hybridized carbons (Fsp3) is 0.500. The van der Waals surface area contributed by atoms with Crippen molar-refractivity contribution < 1.29 is 17.9 Å². The molecule has 4 rings (SSSR count). The summed E-state index contributed by atoms with van der Waals surface area (Å²) in [5, 5.41) is 2.76. The molecule has 0 saturated carbocycles. The normalized spacial score (nSPS) is 15.3. The fourth-order valence-electron chi connectivity index (χ4n) is 4.70. The second-order valence-corrected chi connectivity index (χ2v) is 13.1. The standard InChI is InChI=1S/C28H39N5O4S/c1-28(2,3)27-31-24-16-21(6-11-25(24)33(27)18-20-12-14-37-15-13-20)17-29-38(35,36)23-9-7-22(8-10-23)30-26(34)19-32(4)5/h6-11,16,20,29H,12-15,17-19H2,1-5H3,(H,30,34). The first-order valence-electron chi connectivity index (χ1n) is 13.0. The van der Waals surface area contributed by atoms with Gasteiger partial charge < -0.3 is 19.5 Å². The first kappa shape index (κ1) is 28.2. The Balaban J connectivity index is 1.48. The molecule has 0 spiro atoms. The van der Waals surface area contributed by atoms with Gasteiger partial charge in [0.25, 0.3) is 0 Å². The summed E-state index contributed by atoms with van der Waals surface area (Å²) in [6, 6.07) is 12.1. The van der Waals surface area contributed by atoms with E-state index in [0.717, 1.165) is 55.0 Å². The summed E-state index contributed by atoms with van der Waals surface area (Å²) >= 11 is 0. The number of aromatic nitrogens is 2. The number of nitrogens with zero attached hydrogens (tertiary/aromatic N) is 3. The number of amides is 1. The van der Waals surface area contributed by atoms with Crippen LogP contribution in [-0.4, -0.2) is 62.6 Å². The largest absolute Gasteiger partial charge is 0.381 e. The molecule has 9 nitrogen and oxygen atoms in total. The number of hydrogen-bond acceptors (Lipinski definition) is 6. The van der Waals surface area contributed by atoms with E-state index in [9.17, 15) is 13.2 Å². The summed E-state index contributed by atoms with van der Waals surface area (Å²) in [5.74, 6) is 1.43. The number of likely N-dealkylation sites (N-methyl/N-ethyl adjacent to an activating group) is 1. The van der Waals surface area contributed by atoms with Gasteiger partial charge in [0.1, 0.15) is 5.82 Å². The van der Waals surface area contributed by atoms with Crippen LogP contribution in [0.3, 0.4) is 0 Å². The molecule has 1 aliphatic rings. The number of carbonyl (C=O) groups is 1. The van der Waals surface area contributed by atoms with E-state index in [2.05, 4.69) is 35.4 Å². The fourth-order valence-corrected chi connectivity index (χ4v) is 5.71. The maximum atomic E-state index is 12.9. The molecule has 1 saturated heterocycles. The predicted molar refractivity (Wildman–Crippen MR) is 150 cm³/mol. The van der Waals surface area contributed by atoms with E-state index in [1.54, 1.807) is 31.1 Å². The number of imidazole rings is 1. The highest BCUT2D eigenvalue weighted by Gasteiger charge is 2.25. The number of ether oxygens (including phenoxy) is 1. The molecule has 2 aromatic carbocycles. The number of nitrogens with one attached hydrogen (secondary N) is 2. The van der Waals surface area contributed by atoms with Crippen LogP contribution in [-0.2, 0) is 38.1 Å². The molecule has 3 aromatic rings. The monoisotopic (exact) mass is 541 g/mol. The van der Waals surface area contributed by atoms with Gasteiger partial charge in [0, 0.05) is 37.4 Å². The maximum Gasteiger partial charge on any atom is 0.240 e. The van der Waals surface area contributed by atoms with Crippen molar-refractivity contribution in [3.63, 3.8) is 0 Å². The van der Waals surface area contributed by atoms with Crippen LogP contribution in [0.4, 0.5) is 5.69 Å². The highest BCUT2D eigenvalue weighted by atomic mass is 32.2. The van der Waals surface area contributed by atoms with Crippen molar-refractivity contribution in [2.75, 3.05) is 39.2 Å². The zero-order valence-corrected chi connectivity index (χ0v) is 23.8. The summed E-state index contributed by atoms with van der Waals surface area (Å²) in [7, 11) is -0.116. The van der Waals surface area contributed by atoms with E-state index in [1.165, 1.54) is 12.1 Å². The summed E-state index contributed by atoms with van der Waals surface area (Å²) in [5.41, 5.74) is 3.21. The lowest BCUT2D eigenvalue weighted by atomic mass is 9.94. The third-order valence-electron chi connectivity index (χ3n) is 6.64. The molecule has 0 bridgehead atoms. The maximum absolute atomic E-state index is 12.9. The second kappa shape index (κ2) is 11.5. The number of benzene rings is 2. The number of carbonyl (C=O) groups excluding carboxylic acids is 1. The summed E-state index contributed by atoms with van der Waals surface area (Å²) in [6.45, 7) is 9.42. The van der Waals surface area contributed by atoms with E-state index in [-0.39, 0.29) is 29.3 Å². The van der Waals surface area contributed by atoms with Crippen LogP contribution in [0.1, 0.15) is 45.0 Å². The second-order valence-electron chi connectivity index (χ2n) is 11.3. The van der Waals surface area contributed by atoms with Gasteiger partial charge in [-0.1, -0.05) is 26.8 Å². The van der Waals surface area contributed by atoms with Crippen molar-refractivity contribution in [2.24, 2.45) is 5.92 Å². The lowest BCUT2D eigenvalue weighted by Crippen LogP contribution is -2.27. The van der Waals surface area contributed by atoms with E-state index >= 15 is 0 Å². The van der Waals surface area contributed by atoms with Crippen LogP contribution in [0.5, 0.6) is 0 Å². The van der Waals surface area contributed by atoms with Crippen molar-refractivity contribution in [1.29, 1.82) is 0 Å². The Morgan fingerprint density at radius 2 is 1.79 bits per heavy atom. The lowest BCUT2D eigenvalue weighted by Gasteiger charge is -2.26. The smallest absolute Gasteiger partial charge is 0.240 e. The third-order valence-corrected chi connectivity index (χ3v) is 8.06. The Labute approximate surface area is 225 Å². The van der Waals surface area contributed by atoms with Gasteiger partial charge >= 0.3 is 0 Å². The van der Waals surface area contributed by atoms with Crippen LogP contribution in [0, 0.1) is 5.92 Å². The van der Waals surface area contributed by atoms with Gasteiger partial charge in [-0.15, -0.1) is 0 Å². The molecule has 38 heavy (non-hydrogen) atoms. The minimum Gasteiger partial charge on any atom is -0.381 e. The molecule has 1 fully saturated rings. The Morgan fingerprint density at radius 3 is 2.42 bits per heavy atom. The van der Waals surface area contributed by atoms with E-state index in [0.29, 0.717) is 11.6 Å². The molecule has 1 amide bonds. The average Bonchev–Trinajstić information content (AvgIpc) is 3.21. The molecule has 2 heterocycles. The van der Waals surface area contributed by atoms with Crippen molar-refractivity contribution in [3.05, 3.63) is 53.9 Å².